The van der Waals surface area contributed by atoms with E-state index in [4.69, 9.17) is 9.47 Å². The molecule has 0 atom stereocenters. The lowest BCUT2D eigenvalue weighted by Gasteiger charge is -2.10. The Morgan fingerprint density at radius 2 is 1.48 bits per heavy atom. The summed E-state index contributed by atoms with van der Waals surface area (Å²) < 4.78 is 11.8. The second-order valence-electron chi connectivity index (χ2n) is 5.98. The van der Waals surface area contributed by atoms with E-state index >= 15 is 0 Å². The predicted octanol–water partition coefficient (Wildman–Crippen LogP) is 6.18. The summed E-state index contributed by atoms with van der Waals surface area (Å²) in [6.45, 7) is 0. The van der Waals surface area contributed by atoms with Gasteiger partial charge in [0.1, 0.15) is 17.2 Å². The van der Waals surface area contributed by atoms with Crippen LogP contribution < -0.4 is 9.47 Å². The van der Waals surface area contributed by atoms with E-state index in [0.717, 1.165) is 5.75 Å². The Bertz CT molecular complexity index is 904. The van der Waals surface area contributed by atoms with Gasteiger partial charge in [-0.25, -0.2) is 4.79 Å². The number of carbonyl (C=O) groups is 1. The van der Waals surface area contributed by atoms with Crippen LogP contribution in [0.1, 0.15) is 20.5 Å². The van der Waals surface area contributed by atoms with Crippen molar-refractivity contribution < 1.29 is 14.3 Å². The van der Waals surface area contributed by atoms with Crippen LogP contribution in [0.5, 0.6) is 17.2 Å². The largest absolute Gasteiger partial charge is 0.457 e. The molecule has 1 aliphatic heterocycles. The molecule has 0 unspecified atom stereocenters. The van der Waals surface area contributed by atoms with E-state index in [1.165, 1.54) is 17.1 Å². The van der Waals surface area contributed by atoms with Gasteiger partial charge in [-0.15, -0.1) is 23.5 Å². The van der Waals surface area contributed by atoms with E-state index in [2.05, 4.69) is 0 Å². The zero-order valence-electron chi connectivity index (χ0n) is 14.5. The van der Waals surface area contributed by atoms with Gasteiger partial charge in [0.15, 0.2) is 0 Å². The molecule has 0 bridgehead atoms. The van der Waals surface area contributed by atoms with E-state index in [0.29, 0.717) is 21.6 Å². The van der Waals surface area contributed by atoms with Crippen molar-refractivity contribution in [1.29, 1.82) is 0 Å². The molecule has 0 aliphatic carbocycles. The molecule has 0 aromatic heterocycles. The van der Waals surface area contributed by atoms with Gasteiger partial charge in [-0.3, -0.25) is 0 Å². The highest BCUT2D eigenvalue weighted by atomic mass is 32.2. The number of rotatable bonds is 5. The van der Waals surface area contributed by atoms with Gasteiger partial charge >= 0.3 is 5.97 Å². The van der Waals surface area contributed by atoms with Crippen molar-refractivity contribution in [2.75, 3.05) is 11.5 Å². The highest BCUT2D eigenvalue weighted by Gasteiger charge is 2.18. The van der Waals surface area contributed by atoms with Gasteiger partial charge in [-0.2, -0.15) is 0 Å². The molecule has 136 valence electrons. The van der Waals surface area contributed by atoms with Gasteiger partial charge in [-0.1, -0.05) is 36.4 Å². The van der Waals surface area contributed by atoms with Crippen LogP contribution in [-0.2, 0) is 0 Å². The first kappa shape index (κ1) is 18.0. The Hall–Kier alpha value is -2.37. The maximum absolute atomic E-state index is 12.5. The summed E-state index contributed by atoms with van der Waals surface area (Å²) in [5.74, 6) is 3.85. The van der Waals surface area contributed by atoms with Gasteiger partial charge in [0, 0.05) is 11.5 Å². The molecule has 27 heavy (non-hydrogen) atoms. The minimum Gasteiger partial charge on any atom is -0.457 e. The maximum Gasteiger partial charge on any atom is 0.343 e. The van der Waals surface area contributed by atoms with Gasteiger partial charge in [-0.05, 0) is 48.0 Å². The third kappa shape index (κ3) is 4.67. The zero-order chi connectivity index (χ0) is 18.5. The molecule has 1 heterocycles. The van der Waals surface area contributed by atoms with E-state index in [1.807, 2.05) is 84.2 Å². The van der Waals surface area contributed by atoms with Gasteiger partial charge in [0.05, 0.1) is 10.1 Å². The van der Waals surface area contributed by atoms with Gasteiger partial charge in [0.25, 0.3) is 0 Å². The van der Waals surface area contributed by atoms with Crippen LogP contribution >= 0.6 is 23.5 Å². The molecule has 0 spiro atoms. The van der Waals surface area contributed by atoms with Crippen LogP contribution in [0.15, 0.2) is 78.9 Å². The maximum atomic E-state index is 12.5. The number of hydrogen-bond acceptors (Lipinski definition) is 5. The standard InChI is InChI=1S/C22H18O3S2/c23-21(25-19-11-9-16(10-12-19)22-26-13-14-27-22)17-5-4-8-20(15-17)24-18-6-2-1-3-7-18/h1-12,15,22H,13-14H2. The molecule has 0 saturated carbocycles. The number of ether oxygens (including phenoxy) is 2. The Labute approximate surface area is 167 Å². The van der Waals surface area contributed by atoms with Crippen molar-refractivity contribution in [3.05, 3.63) is 90.0 Å². The molecule has 3 aromatic carbocycles. The molecule has 5 heteroatoms. The fourth-order valence-electron chi connectivity index (χ4n) is 2.72. The Morgan fingerprint density at radius 3 is 2.22 bits per heavy atom. The summed E-state index contributed by atoms with van der Waals surface area (Å²) in [6, 6.07) is 24.3. The first-order valence-corrected chi connectivity index (χ1v) is 10.8. The van der Waals surface area contributed by atoms with Crippen molar-refractivity contribution in [3.63, 3.8) is 0 Å². The molecule has 3 aromatic rings. The topological polar surface area (TPSA) is 35.5 Å². The Balaban J connectivity index is 1.42. The normalized spacial score (nSPS) is 14.1. The molecular weight excluding hydrogens is 376 g/mol. The van der Waals surface area contributed by atoms with E-state index in [-0.39, 0.29) is 0 Å². The number of hydrogen-bond donors (Lipinski definition) is 0. The fraction of sp³-hybridized carbons (Fsp3) is 0.136. The van der Waals surface area contributed by atoms with Crippen LogP contribution in [-0.4, -0.2) is 17.5 Å². The van der Waals surface area contributed by atoms with Gasteiger partial charge in [0.2, 0.25) is 0 Å². The van der Waals surface area contributed by atoms with Crippen LogP contribution in [0.25, 0.3) is 0 Å². The van der Waals surface area contributed by atoms with E-state index < -0.39 is 5.97 Å². The molecule has 1 aliphatic rings. The third-order valence-corrected chi connectivity index (χ3v) is 7.14. The second-order valence-corrected chi connectivity index (χ2v) is 8.70. The average Bonchev–Trinajstić information content (AvgIpc) is 3.24. The highest BCUT2D eigenvalue weighted by molar-refractivity contribution is 8.19. The smallest absolute Gasteiger partial charge is 0.343 e. The number of thioether (sulfide) groups is 2. The Morgan fingerprint density at radius 1 is 0.778 bits per heavy atom. The van der Waals surface area contributed by atoms with Crippen molar-refractivity contribution >= 4 is 29.5 Å². The summed E-state index contributed by atoms with van der Waals surface area (Å²) in [4.78, 5) is 12.5. The predicted molar refractivity (Wildman–Crippen MR) is 112 cm³/mol. The van der Waals surface area contributed by atoms with E-state index in [1.54, 1.807) is 18.2 Å². The highest BCUT2D eigenvalue weighted by Crippen LogP contribution is 2.45. The Kier molecular flexibility index (Phi) is 5.70. The number of para-hydroxylation sites is 1. The van der Waals surface area contributed by atoms with Crippen LogP contribution in [0, 0.1) is 0 Å². The first-order valence-electron chi connectivity index (χ1n) is 8.66. The van der Waals surface area contributed by atoms with Crippen molar-refractivity contribution in [2.24, 2.45) is 0 Å². The summed E-state index contributed by atoms with van der Waals surface area (Å²) in [5.41, 5.74) is 1.72. The lowest BCUT2D eigenvalue weighted by Crippen LogP contribution is -2.08. The molecule has 1 fully saturated rings. The minimum atomic E-state index is -0.397. The van der Waals surface area contributed by atoms with E-state index in [9.17, 15) is 4.79 Å². The SMILES string of the molecule is O=C(Oc1ccc(C2SCCS2)cc1)c1cccc(Oc2ccccc2)c1. The van der Waals surface area contributed by atoms with Crippen LogP contribution in [0.3, 0.4) is 0 Å². The fourth-order valence-corrected chi connectivity index (χ4v) is 5.58. The summed E-state index contributed by atoms with van der Waals surface area (Å²) >= 11 is 3.91. The quantitative estimate of drug-likeness (QED) is 0.382. The minimum absolute atomic E-state index is 0.397. The van der Waals surface area contributed by atoms with Crippen LogP contribution in [0.4, 0.5) is 0 Å². The zero-order valence-corrected chi connectivity index (χ0v) is 16.2. The van der Waals surface area contributed by atoms with Gasteiger partial charge < -0.3 is 9.47 Å². The third-order valence-electron chi connectivity index (χ3n) is 4.03. The van der Waals surface area contributed by atoms with Crippen molar-refractivity contribution in [3.8, 4) is 17.2 Å². The monoisotopic (exact) mass is 394 g/mol. The average molecular weight is 395 g/mol. The summed E-state index contributed by atoms with van der Waals surface area (Å²) in [7, 11) is 0. The first-order chi connectivity index (χ1) is 13.3. The molecule has 0 amide bonds. The van der Waals surface area contributed by atoms with Crippen LogP contribution in [0.2, 0.25) is 0 Å². The molecule has 4 rings (SSSR count). The number of esters is 1. The molecule has 0 radical (unpaired) electrons. The molecular formula is C22H18O3S2. The lowest BCUT2D eigenvalue weighted by atomic mass is 10.2. The molecule has 1 saturated heterocycles. The second kappa shape index (κ2) is 8.55. The van der Waals surface area contributed by atoms with Crippen molar-refractivity contribution in [2.45, 2.75) is 4.58 Å². The summed E-state index contributed by atoms with van der Waals surface area (Å²) in [6.07, 6.45) is 0. The summed E-state index contributed by atoms with van der Waals surface area (Å²) in [5, 5.41) is 0. The molecule has 0 N–H and O–H groups in total. The number of benzene rings is 3. The lowest BCUT2D eigenvalue weighted by molar-refractivity contribution is 0.0734. The molecule has 3 nitrogen and oxygen atoms in total. The number of carbonyl (C=O) groups excluding carboxylic acids is 1. The van der Waals surface area contributed by atoms with Crippen molar-refractivity contribution in [1.82, 2.24) is 0 Å².